The Kier molecular flexibility index (Phi) is 78.0. The minimum absolute atomic E-state index is 0.0301. The standard InChI is InChI=1S/C14H25NO4.C12H21NO4.C9H17NO2.B34.B33.B32/c1-6-14(11(16)18-7-2)8-9-15(10-14)12(17)19-13(3,4)5;1-5-16-10(14)9-6-7-13(8-9)11(15)17-12(2,3)4;1-3-9(5-6-10-7-9)8(11)12-4-2;1-19(2)28(20(3)4)32(27(17)18)34(31(25(13)14)26(15)16)33(29(21(5)6)22(7)8)30(23(9)10)24(11)12;1-18-27(19(2)3)31(26(16)17)33(30(24(12)13)25(14)15)32(28(20(4)5)21(6)7)29(22(8)9)23(10)11;1-18(2)26(17)30(25(15)16)32(29(23(11)12)24(13)14)31(27(19(3)4)20(5)6)28(21(7)8)22(9)10/h6-10H2,1-5H3;9H,5-8H2,1-4H3;10H,3-7H2,1-2H3;;;. The van der Waals surface area contributed by atoms with Crippen LogP contribution in [0.15, 0.2) is 0 Å². The molecule has 13 nitrogen and oxygen atoms in total. The summed E-state index contributed by atoms with van der Waals surface area (Å²) in [6.45, 7) is 25.2. The summed E-state index contributed by atoms with van der Waals surface area (Å²) in [6.07, 6.45) is -43.6. The average Bonchev–Trinajstić information content (AvgIpc) is 1.14. The summed E-state index contributed by atoms with van der Waals surface area (Å²) < 4.78 is 25.7. The van der Waals surface area contributed by atoms with Crippen LogP contribution in [0.25, 0.3) is 0 Å². The Hall–Kier alpha value is 3.34. The van der Waals surface area contributed by atoms with Gasteiger partial charge in [0.05, 0.1) is 36.6 Å². The zero-order valence-corrected chi connectivity index (χ0v) is 88.6. The molecule has 0 aromatic rings. The maximum absolute atomic E-state index is 12.1. The van der Waals surface area contributed by atoms with Crippen molar-refractivity contribution in [2.75, 3.05) is 59.1 Å². The Labute approximate surface area is 982 Å². The monoisotopic (exact) mass is 1780 g/mol. The number of rotatable bonds is 52. The highest BCUT2D eigenvalue weighted by atomic mass is 16.6. The molecule has 0 aromatic carbocycles. The van der Waals surface area contributed by atoms with E-state index in [2.05, 4.69) is 5.32 Å². The second-order valence-corrected chi connectivity index (χ2v) is 41.2. The number of amides is 2. The van der Waals surface area contributed by atoms with Crippen molar-refractivity contribution in [3.63, 3.8) is 0 Å². The molecule has 3 aliphatic heterocycles. The molecule has 0 aliphatic carbocycles. The summed E-state index contributed by atoms with van der Waals surface area (Å²) in [4.78, 5) is 62.0. The maximum atomic E-state index is 12.1. The molecule has 0 bridgehead atoms. The van der Waals surface area contributed by atoms with Crippen LogP contribution < -0.4 is 5.32 Å². The van der Waals surface area contributed by atoms with Crippen molar-refractivity contribution in [3.05, 3.63) is 0 Å². The number of nitrogens with zero attached hydrogens (tertiary/aromatic N) is 2. The molecule has 3 fully saturated rings. The largest absolute Gasteiger partial charge is 0.466 e. The molecule has 3 heterocycles. The van der Waals surface area contributed by atoms with Gasteiger partial charge in [-0.1, -0.05) is 13.8 Å². The van der Waals surface area contributed by atoms with Gasteiger partial charge in [0, 0.05) is 736 Å². The van der Waals surface area contributed by atoms with Crippen LogP contribution >= 0.6 is 0 Å². The second-order valence-electron chi connectivity index (χ2n) is 41.2. The third-order valence-corrected chi connectivity index (χ3v) is 27.8. The van der Waals surface area contributed by atoms with Gasteiger partial charge in [0.2, 0.25) is 0 Å². The average molecular weight is 1760 g/mol. The van der Waals surface area contributed by atoms with Crippen LogP contribution in [-0.2, 0) is 38.1 Å². The Bertz CT molecular complexity index is 3410. The highest BCUT2D eigenvalue weighted by Gasteiger charge is 2.59. The minimum Gasteiger partial charge on any atom is -0.466 e. The minimum atomic E-state index is -1.16. The van der Waals surface area contributed by atoms with E-state index in [-0.39, 0.29) is 41.4 Å². The van der Waals surface area contributed by atoms with Crippen molar-refractivity contribution in [1.29, 1.82) is 0 Å². The lowest BCUT2D eigenvalue weighted by Gasteiger charge is -2.52. The molecule has 0 saturated carbocycles. The van der Waals surface area contributed by atoms with E-state index in [4.69, 9.17) is 426 Å². The highest BCUT2D eigenvalue weighted by molar-refractivity contribution is 8.33. The molecule has 3 aliphatic rings. The van der Waals surface area contributed by atoms with Gasteiger partial charge < -0.3 is 38.8 Å². The van der Waals surface area contributed by atoms with E-state index in [0.29, 0.717) is 65.3 Å². The van der Waals surface area contributed by atoms with E-state index in [1.807, 2.05) is 62.3 Å². The van der Waals surface area contributed by atoms with Gasteiger partial charge in [0.15, 0.2) is 0 Å². The van der Waals surface area contributed by atoms with Crippen LogP contribution in [0.1, 0.15) is 108 Å². The Balaban J connectivity index is -0.00000174. The predicted octanol–water partition coefficient (Wildman–Crippen LogP) is -32.4. The lowest BCUT2D eigenvalue weighted by atomic mass is 8.29. The number of esters is 3. The fraction of sp³-hybridized carbons (Fsp3) is 0.857. The van der Waals surface area contributed by atoms with Gasteiger partial charge in [-0.25, -0.2) is 9.59 Å². The van der Waals surface area contributed by atoms with Crippen molar-refractivity contribution in [1.82, 2.24) is 15.1 Å². The number of hydrogen-bond donors (Lipinski definition) is 1. The number of hydrogen-bond acceptors (Lipinski definition) is 11. The molecule has 0 spiro atoms. The summed E-state index contributed by atoms with van der Waals surface area (Å²) >= 11 is 0. The summed E-state index contributed by atoms with van der Waals surface area (Å²) in [6, 6.07) is 0. The number of carbonyl (C=O) groups excluding carboxylic acids is 5. The van der Waals surface area contributed by atoms with Gasteiger partial charge >= 0.3 is 30.1 Å². The normalized spacial score (nSPS) is 14.1. The van der Waals surface area contributed by atoms with Crippen molar-refractivity contribution >= 4 is 733 Å². The lowest BCUT2D eigenvalue weighted by molar-refractivity contribution is -0.155. The molecule has 3 saturated heterocycles. The zero-order valence-electron chi connectivity index (χ0n) is 88.6. The molecule has 3 atom stereocenters. The van der Waals surface area contributed by atoms with Gasteiger partial charge in [-0.15, -0.1) is 0 Å². The zero-order chi connectivity index (χ0) is 116. The Morgan fingerprint density at radius 1 is 0.293 bits per heavy atom. The van der Waals surface area contributed by atoms with Crippen LogP contribution in [0.4, 0.5) is 9.59 Å². The van der Waals surface area contributed by atoms with E-state index in [0.717, 1.165) is 25.9 Å². The molecule has 3 rings (SSSR count). The van der Waals surface area contributed by atoms with Gasteiger partial charge in [0.25, 0.3) is 0 Å². The third-order valence-electron chi connectivity index (χ3n) is 27.8. The van der Waals surface area contributed by atoms with Crippen LogP contribution in [0.5, 0.6) is 0 Å². The van der Waals surface area contributed by atoms with E-state index >= 15 is 0 Å². The number of nitrogens with one attached hydrogen (secondary N) is 1. The Morgan fingerprint density at radius 3 is 0.748 bits per heavy atom. The molecule has 2 amide bonds. The van der Waals surface area contributed by atoms with Crippen LogP contribution in [0.2, 0.25) is 0 Å². The fourth-order valence-corrected chi connectivity index (χ4v) is 21.0. The van der Waals surface area contributed by atoms with Gasteiger partial charge in [-0.05, 0) is 101 Å². The molecule has 112 heteroatoms. The molecule has 3 unspecified atom stereocenters. The summed E-state index contributed by atoms with van der Waals surface area (Å²) in [5, 5.41) is 3.20. The number of ether oxygens (including phenoxy) is 5. The van der Waals surface area contributed by atoms with E-state index in [9.17, 15) is 24.0 Å². The Morgan fingerprint density at radius 2 is 0.531 bits per heavy atom. The summed E-state index contributed by atoms with van der Waals surface area (Å²) in [7, 11) is 318. The number of likely N-dealkylation sites (tertiary alicyclic amines) is 2. The highest BCUT2D eigenvalue weighted by Crippen LogP contribution is 2.37. The first kappa shape index (κ1) is 154. The second kappa shape index (κ2) is 74.3. The lowest BCUT2D eigenvalue weighted by Crippen LogP contribution is -2.90. The van der Waals surface area contributed by atoms with Crippen molar-refractivity contribution < 1.29 is 47.7 Å². The first-order valence-corrected chi connectivity index (χ1v) is 49.5. The SMILES string of the molecule is CCOC(=O)C1(CC)CCN(C(=O)OC(C)(C)C)C1.CCOC(=O)C1(CC)CCNC1.CCOC(=O)C1CCN(C(=O)OC(C)(C)C)C1.[B]B([B])B(B([B])[B])B(B([B])[B])B(B(B([B])[B])B([B])[B])B(B(B([B])[B])B([B])[B])B(B([B])[B])B([B])[B].[B]B([B])B([B])B(B([B])[B])B(B(B([B])[B])B([B])[B])B(B(B([B])[B])B([B])[B])B(B([B])[B])B([B])[B].[B][B]B(B([B])[B])B(B([B])[B])B(B(B([B])[B])B([B])[B])B(B(B([B])[B])B([B])[B])B(B([B])[B])B([B])[B]. The van der Waals surface area contributed by atoms with Gasteiger partial charge in [0.1, 0.15) is 11.2 Å². The molecule has 1 N–H and O–H groups in total. The predicted molar refractivity (Wildman–Crippen MR) is 751 cm³/mol. The molecule has 147 heavy (non-hydrogen) atoms. The molecule has 105 radical (unpaired) electrons. The van der Waals surface area contributed by atoms with Crippen molar-refractivity contribution in [2.24, 2.45) is 16.7 Å². The maximum Gasteiger partial charge on any atom is 0.410 e. The summed E-state index contributed by atoms with van der Waals surface area (Å²) in [5.41, 5.74) is -1.81. The number of carbonyl (C=O) groups is 5. The topological polar surface area (TPSA) is 150 Å². The van der Waals surface area contributed by atoms with Crippen molar-refractivity contribution in [3.8, 4) is 0 Å². The first-order chi connectivity index (χ1) is 67.2. The smallest absolute Gasteiger partial charge is 0.410 e. The van der Waals surface area contributed by atoms with Gasteiger partial charge in [-0.3, -0.25) is 14.4 Å². The van der Waals surface area contributed by atoms with Crippen molar-refractivity contribution in [2.45, 2.75) is 119 Å². The van der Waals surface area contributed by atoms with E-state index in [1.165, 1.54) is 7.06 Å². The van der Waals surface area contributed by atoms with Crippen LogP contribution in [0, 0.1) is 16.7 Å². The molecule has 575 valence electrons. The van der Waals surface area contributed by atoms with E-state index < -0.39 is 310 Å². The van der Waals surface area contributed by atoms with Crippen LogP contribution in [0.3, 0.4) is 0 Å². The fourth-order valence-electron chi connectivity index (χ4n) is 21.0. The van der Waals surface area contributed by atoms with E-state index in [1.54, 1.807) is 23.6 Å². The first-order valence-electron chi connectivity index (χ1n) is 49.5. The van der Waals surface area contributed by atoms with Gasteiger partial charge in [-0.2, -0.15) is 0 Å². The molecule has 0 aromatic heterocycles. The quantitative estimate of drug-likeness (QED) is 0.0352. The van der Waals surface area contributed by atoms with Crippen LogP contribution in [-0.4, -0.2) is 813 Å². The summed E-state index contributed by atoms with van der Waals surface area (Å²) in [5.74, 6) is -0.665. The third kappa shape index (κ3) is 49.7. The molecular formula is C35H63B99N3O10. The molecular weight excluding hydrogens is 1690 g/mol.